The summed E-state index contributed by atoms with van der Waals surface area (Å²) < 4.78 is 54.8. The summed E-state index contributed by atoms with van der Waals surface area (Å²) in [7, 11) is 0. The molecule has 1 aliphatic heterocycles. The van der Waals surface area contributed by atoms with E-state index in [0.717, 1.165) is 17.2 Å². The predicted octanol–water partition coefficient (Wildman–Crippen LogP) is 7.96. The van der Waals surface area contributed by atoms with Crippen LogP contribution < -0.4 is 15.5 Å². The third kappa shape index (κ3) is 10.8. The molecule has 1 fully saturated rings. The van der Waals surface area contributed by atoms with Gasteiger partial charge in [0.2, 0.25) is 5.91 Å². The smallest absolute Gasteiger partial charge is 0.416 e. The van der Waals surface area contributed by atoms with Crippen LogP contribution in [0.2, 0.25) is 0 Å². The van der Waals surface area contributed by atoms with Gasteiger partial charge in [-0.05, 0) is 57.7 Å². The fraction of sp³-hybridized carbons (Fsp3) is 0.372. The number of imidazole rings is 1. The minimum atomic E-state index is -4.53. The van der Waals surface area contributed by atoms with Crippen molar-refractivity contribution < 1.29 is 32.2 Å². The number of carbonyl (C=O) groups is 2. The van der Waals surface area contributed by atoms with Crippen LogP contribution in [0.25, 0.3) is 5.65 Å². The molecule has 0 atom stereocenters. The molecule has 1 saturated heterocycles. The van der Waals surface area contributed by atoms with Gasteiger partial charge < -0.3 is 25.0 Å². The van der Waals surface area contributed by atoms with E-state index in [1.54, 1.807) is 31.4 Å². The van der Waals surface area contributed by atoms with E-state index >= 15 is 0 Å². The standard InChI is InChI=1S/C43H48F3N7O4/c1-29-32(18-13-19-33(29)43(44,45)46)26-36-35(28-48-38(54)20-11-12-21-47-41(55)57-42(2,3)4)50-40-34(27-37(51-53(36)40)52-22-24-56-25-23-52)49-39(30-14-7-5-8-15-30)31-16-9-6-10-17-31/h5-10,13-19,27H,11-12,20-26,28H2,1-4H3,(H,47,55)(H,48,54). The van der Waals surface area contributed by atoms with Gasteiger partial charge in [-0.15, -0.1) is 5.10 Å². The van der Waals surface area contributed by atoms with Crippen LogP contribution in [-0.4, -0.2) is 70.8 Å². The molecule has 2 aromatic heterocycles. The van der Waals surface area contributed by atoms with Crippen molar-refractivity contribution in [3.8, 4) is 0 Å². The minimum absolute atomic E-state index is 0.00592. The van der Waals surface area contributed by atoms with Crippen LogP contribution >= 0.6 is 0 Å². The number of nitrogens with one attached hydrogen (secondary N) is 2. The van der Waals surface area contributed by atoms with E-state index in [2.05, 4.69) is 15.5 Å². The van der Waals surface area contributed by atoms with Gasteiger partial charge in [0.05, 0.1) is 42.4 Å². The summed E-state index contributed by atoms with van der Waals surface area (Å²) in [6.07, 6.45) is -3.73. The third-order valence-electron chi connectivity index (χ3n) is 9.45. The number of anilines is 1. The number of amides is 2. The first kappa shape index (κ1) is 40.9. The van der Waals surface area contributed by atoms with Gasteiger partial charge in [0.1, 0.15) is 11.3 Å². The summed E-state index contributed by atoms with van der Waals surface area (Å²) in [5.41, 5.74) is 3.58. The zero-order valence-electron chi connectivity index (χ0n) is 32.7. The Bertz CT molecular complexity index is 2150. The number of halogens is 3. The van der Waals surface area contributed by atoms with Gasteiger partial charge >= 0.3 is 12.3 Å². The molecule has 2 amide bonds. The molecular formula is C43H48F3N7O4. The molecule has 11 nitrogen and oxygen atoms in total. The zero-order chi connectivity index (χ0) is 40.6. The predicted molar refractivity (Wildman–Crippen MR) is 213 cm³/mol. The second-order valence-corrected chi connectivity index (χ2v) is 14.8. The molecule has 3 aromatic carbocycles. The fourth-order valence-electron chi connectivity index (χ4n) is 6.59. The Labute approximate surface area is 330 Å². The van der Waals surface area contributed by atoms with E-state index < -0.39 is 23.4 Å². The first-order chi connectivity index (χ1) is 27.3. The third-order valence-corrected chi connectivity index (χ3v) is 9.45. The number of unbranched alkanes of at least 4 members (excludes halogenated alkanes) is 1. The summed E-state index contributed by atoms with van der Waals surface area (Å²) in [6.45, 7) is 9.35. The van der Waals surface area contributed by atoms with E-state index in [1.807, 2.05) is 66.7 Å². The molecule has 14 heteroatoms. The van der Waals surface area contributed by atoms with Crippen LogP contribution in [0.5, 0.6) is 0 Å². The number of aliphatic imine (C=N–C) groups is 1. The number of ether oxygens (including phenoxy) is 2. The summed E-state index contributed by atoms with van der Waals surface area (Å²) in [5, 5.41) is 10.7. The molecule has 0 unspecified atom stereocenters. The molecule has 0 bridgehead atoms. The van der Waals surface area contributed by atoms with E-state index in [9.17, 15) is 22.8 Å². The molecular weight excluding hydrogens is 736 g/mol. The van der Waals surface area contributed by atoms with E-state index in [-0.39, 0.29) is 30.9 Å². The molecule has 1 aliphatic rings. The number of fused-ring (bicyclic) bond motifs is 1. The number of hydrogen-bond acceptors (Lipinski definition) is 8. The monoisotopic (exact) mass is 783 g/mol. The number of rotatable bonds is 13. The van der Waals surface area contributed by atoms with Gasteiger partial charge in [-0.2, -0.15) is 13.2 Å². The lowest BCUT2D eigenvalue weighted by Gasteiger charge is -2.28. The summed E-state index contributed by atoms with van der Waals surface area (Å²) >= 11 is 0. The normalized spacial score (nSPS) is 13.4. The van der Waals surface area contributed by atoms with Crippen molar-refractivity contribution in [2.75, 3.05) is 37.7 Å². The van der Waals surface area contributed by atoms with Crippen LogP contribution in [-0.2, 0) is 33.4 Å². The number of alkyl carbamates (subject to hydrolysis) is 1. The molecule has 5 aromatic rings. The van der Waals surface area contributed by atoms with Crippen molar-refractivity contribution >= 4 is 34.9 Å². The Hall–Kier alpha value is -5.76. The average Bonchev–Trinajstić information content (AvgIpc) is 3.53. The highest BCUT2D eigenvalue weighted by Crippen LogP contribution is 2.35. The van der Waals surface area contributed by atoms with Crippen molar-refractivity contribution in [2.45, 2.75) is 71.7 Å². The Balaban J connectivity index is 1.39. The maximum atomic E-state index is 14.1. The first-order valence-corrected chi connectivity index (χ1v) is 19.1. The van der Waals surface area contributed by atoms with Crippen molar-refractivity contribution in [3.63, 3.8) is 0 Å². The van der Waals surface area contributed by atoms with Gasteiger partial charge in [0.25, 0.3) is 0 Å². The average molecular weight is 784 g/mol. The molecule has 57 heavy (non-hydrogen) atoms. The summed E-state index contributed by atoms with van der Waals surface area (Å²) in [6, 6.07) is 25.6. The molecule has 2 N–H and O–H groups in total. The molecule has 300 valence electrons. The van der Waals surface area contributed by atoms with E-state index in [0.29, 0.717) is 85.5 Å². The van der Waals surface area contributed by atoms with Crippen molar-refractivity contribution in [3.05, 3.63) is 124 Å². The zero-order valence-corrected chi connectivity index (χ0v) is 32.7. The second kappa shape index (κ2) is 18.0. The number of hydrogen-bond donors (Lipinski definition) is 2. The lowest BCUT2D eigenvalue weighted by molar-refractivity contribution is -0.138. The Kier molecular flexibility index (Phi) is 12.9. The van der Waals surface area contributed by atoms with Gasteiger partial charge in [-0.1, -0.05) is 72.8 Å². The van der Waals surface area contributed by atoms with Crippen LogP contribution in [0.4, 0.5) is 29.5 Å². The molecule has 0 aliphatic carbocycles. The van der Waals surface area contributed by atoms with Crippen LogP contribution in [0.1, 0.15) is 79.2 Å². The molecule has 0 saturated carbocycles. The summed E-state index contributed by atoms with van der Waals surface area (Å²) in [5.74, 6) is 0.376. The van der Waals surface area contributed by atoms with Crippen molar-refractivity contribution in [1.82, 2.24) is 25.2 Å². The minimum Gasteiger partial charge on any atom is -0.444 e. The Morgan fingerprint density at radius 3 is 2.19 bits per heavy atom. The number of morpholine rings is 1. The Morgan fingerprint density at radius 1 is 0.895 bits per heavy atom. The first-order valence-electron chi connectivity index (χ1n) is 19.1. The molecule has 0 spiro atoms. The lowest BCUT2D eigenvalue weighted by atomic mass is 9.98. The molecule has 0 radical (unpaired) electrons. The lowest BCUT2D eigenvalue weighted by Crippen LogP contribution is -2.37. The number of alkyl halides is 3. The quantitative estimate of drug-likeness (QED) is 0.0918. The maximum Gasteiger partial charge on any atom is 0.416 e. The van der Waals surface area contributed by atoms with Gasteiger partial charge in [0, 0.05) is 49.7 Å². The number of aromatic nitrogens is 3. The van der Waals surface area contributed by atoms with Crippen LogP contribution in [0, 0.1) is 6.92 Å². The van der Waals surface area contributed by atoms with E-state index in [4.69, 9.17) is 24.5 Å². The maximum absolute atomic E-state index is 14.1. The number of benzene rings is 3. The SMILES string of the molecule is Cc1c(Cc2c(CNC(=O)CCCCNC(=O)OC(C)(C)C)nc3c(N=C(c4ccccc4)c4ccccc4)cc(N4CCOCC4)nn23)cccc1C(F)(F)F. The van der Waals surface area contributed by atoms with Gasteiger partial charge in [-0.25, -0.2) is 19.3 Å². The topological polar surface area (TPSA) is 122 Å². The Morgan fingerprint density at radius 2 is 1.56 bits per heavy atom. The van der Waals surface area contributed by atoms with Crippen molar-refractivity contribution in [1.29, 1.82) is 0 Å². The highest BCUT2D eigenvalue weighted by atomic mass is 19.4. The largest absolute Gasteiger partial charge is 0.444 e. The van der Waals surface area contributed by atoms with Gasteiger partial charge in [0.15, 0.2) is 11.5 Å². The molecule has 3 heterocycles. The number of nitrogens with zero attached hydrogens (tertiary/aromatic N) is 5. The second-order valence-electron chi connectivity index (χ2n) is 14.8. The molecule has 6 rings (SSSR count). The van der Waals surface area contributed by atoms with Crippen LogP contribution in [0.3, 0.4) is 0 Å². The highest BCUT2D eigenvalue weighted by Gasteiger charge is 2.33. The summed E-state index contributed by atoms with van der Waals surface area (Å²) in [4.78, 5) is 37.5. The van der Waals surface area contributed by atoms with Gasteiger partial charge in [-0.3, -0.25) is 4.79 Å². The fourth-order valence-corrected chi connectivity index (χ4v) is 6.59. The van der Waals surface area contributed by atoms with Crippen molar-refractivity contribution in [2.24, 2.45) is 4.99 Å². The van der Waals surface area contributed by atoms with Crippen LogP contribution in [0.15, 0.2) is 89.9 Å². The highest BCUT2D eigenvalue weighted by molar-refractivity contribution is 6.14. The van der Waals surface area contributed by atoms with E-state index in [1.165, 1.54) is 13.0 Å². The number of carbonyl (C=O) groups excluding carboxylic acids is 2.